The average molecular weight is 306 g/mol. The molecule has 0 bridgehead atoms. The topological polar surface area (TPSA) is 60.7 Å². The molecule has 0 aliphatic heterocycles. The molecule has 0 spiro atoms. The van der Waals surface area contributed by atoms with Gasteiger partial charge in [-0.05, 0) is 38.7 Å². The van der Waals surface area contributed by atoms with Crippen LogP contribution in [0, 0.1) is 19.8 Å². The van der Waals surface area contributed by atoms with Crippen molar-refractivity contribution in [3.8, 4) is 11.5 Å². The molecule has 1 rings (SSSR count). The van der Waals surface area contributed by atoms with E-state index in [0.29, 0.717) is 22.6 Å². The van der Waals surface area contributed by atoms with Crippen LogP contribution < -0.4 is 0 Å². The molecule has 22 heavy (non-hydrogen) atoms. The van der Waals surface area contributed by atoms with Gasteiger partial charge in [0, 0.05) is 22.1 Å². The van der Waals surface area contributed by atoms with E-state index in [1.807, 2.05) is 13.8 Å². The molecule has 1 aromatic rings. The molecule has 0 saturated heterocycles. The van der Waals surface area contributed by atoms with Crippen LogP contribution in [-0.4, -0.2) is 15.3 Å². The van der Waals surface area contributed by atoms with E-state index >= 15 is 0 Å². The van der Waals surface area contributed by atoms with Crippen molar-refractivity contribution in [3.05, 3.63) is 33.9 Å². The minimum atomic E-state index is -0.399. The zero-order valence-corrected chi connectivity index (χ0v) is 14.9. The van der Waals surface area contributed by atoms with E-state index in [9.17, 15) is 15.3 Å². The second-order valence-corrected chi connectivity index (χ2v) is 7.27. The van der Waals surface area contributed by atoms with Crippen LogP contribution in [0.5, 0.6) is 11.5 Å². The van der Waals surface area contributed by atoms with E-state index in [-0.39, 0.29) is 18.1 Å². The number of allylic oxidation sites excluding steroid dienone is 2. The number of phenols is 2. The molecule has 0 saturated carbocycles. The molecule has 0 aliphatic rings. The smallest absolute Gasteiger partial charge is 0.124 e. The second-order valence-electron chi connectivity index (χ2n) is 7.27. The van der Waals surface area contributed by atoms with Gasteiger partial charge in [0.05, 0.1) is 6.61 Å². The van der Waals surface area contributed by atoms with Crippen LogP contribution in [-0.2, 0) is 12.0 Å². The van der Waals surface area contributed by atoms with E-state index < -0.39 is 5.41 Å². The lowest BCUT2D eigenvalue weighted by Crippen LogP contribution is -2.18. The van der Waals surface area contributed by atoms with Crippen molar-refractivity contribution in [1.82, 2.24) is 0 Å². The number of rotatable bonds is 5. The first-order chi connectivity index (χ1) is 10.0. The summed E-state index contributed by atoms with van der Waals surface area (Å²) in [5.74, 6) is 0.822. The molecule has 3 nitrogen and oxygen atoms in total. The van der Waals surface area contributed by atoms with E-state index in [2.05, 4.69) is 26.8 Å². The van der Waals surface area contributed by atoms with E-state index in [1.54, 1.807) is 13.8 Å². The maximum atomic E-state index is 10.6. The van der Waals surface area contributed by atoms with Gasteiger partial charge in [0.15, 0.2) is 0 Å². The maximum Gasteiger partial charge on any atom is 0.124 e. The van der Waals surface area contributed by atoms with Gasteiger partial charge in [-0.15, -0.1) is 0 Å². The average Bonchev–Trinajstić information content (AvgIpc) is 2.35. The molecule has 0 aliphatic carbocycles. The van der Waals surface area contributed by atoms with Crippen LogP contribution in [0.3, 0.4) is 0 Å². The summed E-state index contributed by atoms with van der Waals surface area (Å²) < 4.78 is 0. The van der Waals surface area contributed by atoms with Crippen LogP contribution in [0.1, 0.15) is 63.3 Å². The van der Waals surface area contributed by atoms with Crippen LogP contribution >= 0.6 is 0 Å². The van der Waals surface area contributed by atoms with Gasteiger partial charge in [-0.1, -0.05) is 39.3 Å². The van der Waals surface area contributed by atoms with Crippen molar-refractivity contribution in [2.45, 2.75) is 66.9 Å². The number of phenolic OH excluding ortho intramolecular Hbond substituents is 1. The predicted molar refractivity (Wildman–Crippen MR) is 91.4 cm³/mol. The molecule has 0 amide bonds. The van der Waals surface area contributed by atoms with Crippen molar-refractivity contribution in [2.75, 3.05) is 0 Å². The molecule has 3 heteroatoms. The summed E-state index contributed by atoms with van der Waals surface area (Å²) in [5.41, 5.74) is 3.17. The van der Waals surface area contributed by atoms with Crippen molar-refractivity contribution in [3.63, 3.8) is 0 Å². The minimum absolute atomic E-state index is 0.0794. The first-order valence-corrected chi connectivity index (χ1v) is 7.86. The van der Waals surface area contributed by atoms with E-state index in [0.717, 1.165) is 12.0 Å². The Balaban J connectivity index is 3.49. The summed E-state index contributed by atoms with van der Waals surface area (Å²) in [6.07, 6.45) is 3.16. The SMILES string of the molecule is C/C(=C\C(C)(C)c1c(C)c(O)c(CO)c(C)c1O)CC(C)C. The molecule has 0 radical (unpaired) electrons. The highest BCUT2D eigenvalue weighted by atomic mass is 16.3. The molecular weight excluding hydrogens is 276 g/mol. The third kappa shape index (κ3) is 3.64. The molecule has 3 N–H and O–H groups in total. The molecule has 0 unspecified atom stereocenters. The van der Waals surface area contributed by atoms with Gasteiger partial charge in [-0.2, -0.15) is 0 Å². The summed E-state index contributed by atoms with van der Waals surface area (Å²) in [7, 11) is 0. The zero-order chi connectivity index (χ0) is 17.2. The second kappa shape index (κ2) is 6.74. The number of hydrogen-bond acceptors (Lipinski definition) is 3. The van der Waals surface area contributed by atoms with E-state index in [1.165, 1.54) is 5.57 Å². The van der Waals surface area contributed by atoms with Crippen molar-refractivity contribution in [2.24, 2.45) is 5.92 Å². The van der Waals surface area contributed by atoms with Crippen molar-refractivity contribution >= 4 is 0 Å². The lowest BCUT2D eigenvalue weighted by molar-refractivity contribution is 0.273. The highest BCUT2D eigenvalue weighted by Crippen LogP contribution is 2.44. The predicted octanol–water partition coefficient (Wildman–Crippen LogP) is 4.48. The first-order valence-electron chi connectivity index (χ1n) is 7.86. The normalized spacial score (nSPS) is 13.0. The summed E-state index contributed by atoms with van der Waals surface area (Å²) >= 11 is 0. The first kappa shape index (κ1) is 18.6. The van der Waals surface area contributed by atoms with Gasteiger partial charge in [0.2, 0.25) is 0 Å². The Morgan fingerprint density at radius 3 is 2.09 bits per heavy atom. The highest BCUT2D eigenvalue weighted by Gasteiger charge is 2.28. The van der Waals surface area contributed by atoms with Gasteiger partial charge < -0.3 is 15.3 Å². The Bertz CT molecular complexity index is 552. The van der Waals surface area contributed by atoms with Crippen LogP contribution in [0.4, 0.5) is 0 Å². The summed E-state index contributed by atoms with van der Waals surface area (Å²) in [4.78, 5) is 0. The van der Waals surface area contributed by atoms with Gasteiger partial charge in [0.1, 0.15) is 11.5 Å². The van der Waals surface area contributed by atoms with Crippen molar-refractivity contribution < 1.29 is 15.3 Å². The molecule has 1 aromatic carbocycles. The lowest BCUT2D eigenvalue weighted by atomic mass is 9.77. The molecule has 124 valence electrons. The largest absolute Gasteiger partial charge is 0.507 e. The minimum Gasteiger partial charge on any atom is -0.507 e. The van der Waals surface area contributed by atoms with Crippen molar-refractivity contribution in [1.29, 1.82) is 0 Å². The van der Waals surface area contributed by atoms with Gasteiger partial charge in [-0.25, -0.2) is 0 Å². The standard InChI is InChI=1S/C19H30O3/c1-11(2)8-12(3)9-19(6,7)16-14(5)17(21)15(10-20)13(4)18(16)22/h9,11,20-22H,8,10H2,1-7H3/b12-9+. The Labute approximate surface area is 134 Å². The molecule has 0 aromatic heterocycles. The Morgan fingerprint density at radius 2 is 1.64 bits per heavy atom. The van der Waals surface area contributed by atoms with Gasteiger partial charge >= 0.3 is 0 Å². The van der Waals surface area contributed by atoms with Gasteiger partial charge in [0.25, 0.3) is 0 Å². The van der Waals surface area contributed by atoms with Crippen LogP contribution in [0.25, 0.3) is 0 Å². The molecule has 0 atom stereocenters. The third-order valence-electron chi connectivity index (χ3n) is 4.20. The van der Waals surface area contributed by atoms with E-state index in [4.69, 9.17) is 0 Å². The molecular formula is C19H30O3. The number of benzene rings is 1. The van der Waals surface area contributed by atoms with Gasteiger partial charge in [-0.3, -0.25) is 0 Å². The summed E-state index contributed by atoms with van der Waals surface area (Å²) in [5, 5.41) is 30.3. The number of aromatic hydroxyl groups is 2. The monoisotopic (exact) mass is 306 g/mol. The number of aliphatic hydroxyl groups excluding tert-OH is 1. The molecule has 0 fully saturated rings. The third-order valence-corrected chi connectivity index (χ3v) is 4.20. The Kier molecular flexibility index (Phi) is 5.69. The van der Waals surface area contributed by atoms with Crippen LogP contribution in [0.15, 0.2) is 11.6 Å². The Hall–Kier alpha value is -1.48. The Morgan fingerprint density at radius 1 is 1.09 bits per heavy atom. The fourth-order valence-corrected chi connectivity index (χ4v) is 3.40. The molecule has 0 heterocycles. The summed E-state index contributed by atoms with van der Waals surface area (Å²) in [6.45, 7) is 13.8. The number of aliphatic hydroxyl groups is 1. The fourth-order valence-electron chi connectivity index (χ4n) is 3.40. The lowest BCUT2D eigenvalue weighted by Gasteiger charge is -2.28. The zero-order valence-electron chi connectivity index (χ0n) is 14.9. The maximum absolute atomic E-state index is 10.6. The number of hydrogen-bond donors (Lipinski definition) is 3. The highest BCUT2D eigenvalue weighted by molar-refractivity contribution is 5.60. The van der Waals surface area contributed by atoms with Crippen LogP contribution in [0.2, 0.25) is 0 Å². The quantitative estimate of drug-likeness (QED) is 0.555. The fraction of sp³-hybridized carbons (Fsp3) is 0.579. The summed E-state index contributed by atoms with van der Waals surface area (Å²) in [6, 6.07) is 0.